The summed E-state index contributed by atoms with van der Waals surface area (Å²) in [5, 5.41) is 0. The normalized spacial score (nSPS) is 27.7. The van der Waals surface area contributed by atoms with E-state index in [1.807, 2.05) is 0 Å². The van der Waals surface area contributed by atoms with Crippen molar-refractivity contribution in [2.24, 2.45) is 0 Å². The molecular formula is C7H14O5P2+2. The summed E-state index contributed by atoms with van der Waals surface area (Å²) in [7, 11) is -4.57. The topological polar surface area (TPSA) is 61.8 Å². The molecule has 1 aliphatic rings. The quantitative estimate of drug-likeness (QED) is 0.608. The first-order valence-electron chi connectivity index (χ1n) is 4.67. The molecule has 0 aliphatic carbocycles. The second kappa shape index (κ2) is 7.38. The summed E-state index contributed by atoms with van der Waals surface area (Å²) in [5.41, 5.74) is 0. The van der Waals surface area contributed by atoms with Gasteiger partial charge in [0.1, 0.15) is 13.2 Å². The summed E-state index contributed by atoms with van der Waals surface area (Å²) < 4.78 is 36.0. The van der Waals surface area contributed by atoms with E-state index in [9.17, 15) is 9.13 Å². The van der Waals surface area contributed by atoms with Gasteiger partial charge in [-0.1, -0.05) is 19.3 Å². The molecule has 14 heavy (non-hydrogen) atoms. The van der Waals surface area contributed by atoms with Gasteiger partial charge in [0, 0.05) is 9.13 Å². The van der Waals surface area contributed by atoms with Gasteiger partial charge in [0.25, 0.3) is 0 Å². The van der Waals surface area contributed by atoms with Crippen molar-refractivity contribution in [3.8, 4) is 0 Å². The Balaban J connectivity index is 2.30. The smallest absolute Gasteiger partial charge is 0.116 e. The van der Waals surface area contributed by atoms with Crippen LogP contribution in [0, 0.1) is 0 Å². The van der Waals surface area contributed by atoms with Crippen molar-refractivity contribution in [2.45, 2.75) is 32.1 Å². The van der Waals surface area contributed by atoms with Crippen LogP contribution in [0.15, 0.2) is 0 Å². The average Bonchev–Trinajstić information content (AvgIpc) is 2.13. The van der Waals surface area contributed by atoms with Gasteiger partial charge >= 0.3 is 16.5 Å². The minimum absolute atomic E-state index is 0.387. The van der Waals surface area contributed by atoms with Crippen LogP contribution in [-0.2, 0) is 22.5 Å². The van der Waals surface area contributed by atoms with Gasteiger partial charge in [-0.3, -0.25) is 0 Å². The molecule has 0 spiro atoms. The van der Waals surface area contributed by atoms with Crippen LogP contribution in [0.2, 0.25) is 0 Å². The summed E-state index contributed by atoms with van der Waals surface area (Å²) in [6.07, 6.45) is 4.93. The second-order valence-electron chi connectivity index (χ2n) is 2.96. The second-order valence-corrected chi connectivity index (χ2v) is 5.03. The predicted molar refractivity (Wildman–Crippen MR) is 51.3 cm³/mol. The lowest BCUT2D eigenvalue weighted by Crippen LogP contribution is -1.92. The van der Waals surface area contributed by atoms with E-state index < -0.39 is 16.5 Å². The van der Waals surface area contributed by atoms with E-state index in [0.717, 1.165) is 32.1 Å². The van der Waals surface area contributed by atoms with Crippen molar-refractivity contribution in [2.75, 3.05) is 13.2 Å². The molecule has 1 saturated heterocycles. The third kappa shape index (κ3) is 5.74. The molecule has 0 radical (unpaired) electrons. The van der Waals surface area contributed by atoms with Crippen LogP contribution in [0.5, 0.6) is 0 Å². The fraction of sp³-hybridized carbons (Fsp3) is 1.00. The maximum atomic E-state index is 10.9. The van der Waals surface area contributed by atoms with E-state index in [-0.39, 0.29) is 0 Å². The maximum absolute atomic E-state index is 10.9. The Bertz CT molecular complexity index is 188. The van der Waals surface area contributed by atoms with E-state index in [0.29, 0.717) is 13.2 Å². The first-order valence-corrected chi connectivity index (χ1v) is 6.86. The number of rotatable bonds is 0. The minimum atomic E-state index is -2.28. The number of hydrogen-bond acceptors (Lipinski definition) is 5. The lowest BCUT2D eigenvalue weighted by molar-refractivity contribution is 0.240. The summed E-state index contributed by atoms with van der Waals surface area (Å²) in [6.45, 7) is 0.775. The monoisotopic (exact) mass is 240 g/mol. The van der Waals surface area contributed by atoms with Crippen LogP contribution in [-0.4, -0.2) is 13.2 Å². The van der Waals surface area contributed by atoms with Gasteiger partial charge in [-0.05, 0) is 12.8 Å². The molecule has 0 aromatic heterocycles. The predicted octanol–water partition coefficient (Wildman–Crippen LogP) is 3.32. The van der Waals surface area contributed by atoms with Crippen molar-refractivity contribution in [3.63, 3.8) is 0 Å². The SMILES string of the molecule is O=[P+]1OCCCCCCCO[P+](=O)O1. The minimum Gasteiger partial charge on any atom is -0.116 e. The largest absolute Gasteiger partial charge is 0.747 e. The molecule has 2 unspecified atom stereocenters. The van der Waals surface area contributed by atoms with Gasteiger partial charge in [-0.15, -0.1) is 9.05 Å². The molecule has 0 amide bonds. The zero-order chi connectivity index (χ0) is 10.2. The molecule has 0 aromatic carbocycles. The number of hydrogen-bond donors (Lipinski definition) is 0. The van der Waals surface area contributed by atoms with Crippen LogP contribution >= 0.6 is 16.5 Å². The van der Waals surface area contributed by atoms with E-state index >= 15 is 0 Å². The molecule has 0 bridgehead atoms. The summed E-state index contributed by atoms with van der Waals surface area (Å²) in [5.74, 6) is 0. The molecule has 5 nitrogen and oxygen atoms in total. The highest BCUT2D eigenvalue weighted by Gasteiger charge is 2.39. The molecule has 0 aromatic rings. The van der Waals surface area contributed by atoms with E-state index in [2.05, 4.69) is 4.31 Å². The Morgan fingerprint density at radius 3 is 1.64 bits per heavy atom. The van der Waals surface area contributed by atoms with Gasteiger partial charge in [-0.2, -0.15) is 0 Å². The lowest BCUT2D eigenvalue weighted by atomic mass is 10.2. The van der Waals surface area contributed by atoms with Crippen molar-refractivity contribution >= 4 is 16.5 Å². The Kier molecular flexibility index (Phi) is 6.41. The van der Waals surface area contributed by atoms with Crippen LogP contribution in [0.1, 0.15) is 32.1 Å². The molecule has 2 atom stereocenters. The molecule has 0 saturated carbocycles. The summed E-state index contributed by atoms with van der Waals surface area (Å²) >= 11 is 0. The highest BCUT2D eigenvalue weighted by molar-refractivity contribution is 7.47. The first kappa shape index (κ1) is 12.2. The zero-order valence-electron chi connectivity index (χ0n) is 7.89. The molecule has 1 fully saturated rings. The molecule has 7 heteroatoms. The Morgan fingerprint density at radius 2 is 1.14 bits per heavy atom. The molecular weight excluding hydrogens is 226 g/mol. The van der Waals surface area contributed by atoms with Gasteiger partial charge < -0.3 is 0 Å². The molecule has 1 rings (SSSR count). The molecule has 0 N–H and O–H groups in total. The van der Waals surface area contributed by atoms with Crippen LogP contribution in [0.4, 0.5) is 0 Å². The Hall–Kier alpha value is 0.0800. The first-order chi connectivity index (χ1) is 6.79. The summed E-state index contributed by atoms with van der Waals surface area (Å²) in [6, 6.07) is 0. The lowest BCUT2D eigenvalue weighted by Gasteiger charge is -1.97. The Morgan fingerprint density at radius 1 is 0.714 bits per heavy atom. The fourth-order valence-corrected chi connectivity index (χ4v) is 2.48. The molecule has 80 valence electrons. The van der Waals surface area contributed by atoms with E-state index in [1.54, 1.807) is 0 Å². The van der Waals surface area contributed by atoms with Crippen molar-refractivity contribution < 1.29 is 22.5 Å². The highest BCUT2D eigenvalue weighted by Crippen LogP contribution is 2.40. The van der Waals surface area contributed by atoms with Crippen molar-refractivity contribution in [3.05, 3.63) is 0 Å². The van der Waals surface area contributed by atoms with Crippen molar-refractivity contribution in [1.29, 1.82) is 0 Å². The third-order valence-corrected chi connectivity index (χ3v) is 3.67. The van der Waals surface area contributed by atoms with Gasteiger partial charge in [0.2, 0.25) is 0 Å². The van der Waals surface area contributed by atoms with E-state index in [4.69, 9.17) is 9.05 Å². The fourth-order valence-electron chi connectivity index (χ4n) is 1.11. The van der Waals surface area contributed by atoms with Crippen LogP contribution < -0.4 is 0 Å². The summed E-state index contributed by atoms with van der Waals surface area (Å²) in [4.78, 5) is 0. The van der Waals surface area contributed by atoms with Crippen molar-refractivity contribution in [1.82, 2.24) is 0 Å². The maximum Gasteiger partial charge on any atom is 0.747 e. The third-order valence-electron chi connectivity index (χ3n) is 1.82. The van der Waals surface area contributed by atoms with Gasteiger partial charge in [0.05, 0.1) is 0 Å². The van der Waals surface area contributed by atoms with Crippen LogP contribution in [0.3, 0.4) is 0 Å². The van der Waals surface area contributed by atoms with E-state index in [1.165, 1.54) is 0 Å². The molecule has 1 heterocycles. The van der Waals surface area contributed by atoms with Gasteiger partial charge in [-0.25, -0.2) is 0 Å². The standard InChI is InChI=1S/C7H14O5P2/c8-13-10-6-4-2-1-3-5-7-11-14(9)12-13/h1-7H2/q+2. The Labute approximate surface area is 85.0 Å². The van der Waals surface area contributed by atoms with Crippen LogP contribution in [0.25, 0.3) is 0 Å². The zero-order valence-corrected chi connectivity index (χ0v) is 9.67. The highest BCUT2D eigenvalue weighted by atomic mass is 31.2. The average molecular weight is 240 g/mol. The van der Waals surface area contributed by atoms with Gasteiger partial charge in [0.15, 0.2) is 4.31 Å². The molecule has 1 aliphatic heterocycles.